The number of halogens is 2. The van der Waals surface area contributed by atoms with Crippen LogP contribution in [0.2, 0.25) is 5.02 Å². The lowest BCUT2D eigenvalue weighted by molar-refractivity contribution is -0.0450. The Morgan fingerprint density at radius 2 is 2.00 bits per heavy atom. The zero-order valence-electron chi connectivity index (χ0n) is 7.72. The highest BCUT2D eigenvalue weighted by Crippen LogP contribution is 2.34. The second-order valence-corrected chi connectivity index (χ2v) is 4.48. The molecule has 0 aromatic heterocycles. The van der Waals surface area contributed by atoms with Gasteiger partial charge in [-0.3, -0.25) is 0 Å². The number of hydrogen-bond donors (Lipinski definition) is 0. The molecule has 1 heterocycles. The normalized spacial score (nSPS) is 17.6. The maximum atomic E-state index is 5.92. The van der Waals surface area contributed by atoms with E-state index in [4.69, 9.17) is 21.1 Å². The van der Waals surface area contributed by atoms with E-state index in [1.807, 2.05) is 19.1 Å². The topological polar surface area (TPSA) is 18.5 Å². The van der Waals surface area contributed by atoms with Crippen molar-refractivity contribution in [2.45, 2.75) is 13.2 Å². The summed E-state index contributed by atoms with van der Waals surface area (Å²) in [4.78, 5) is 0. The van der Waals surface area contributed by atoms with Gasteiger partial charge in [0.05, 0.1) is 13.2 Å². The molecular formula is C10H10BrClO2. The van der Waals surface area contributed by atoms with Crippen molar-refractivity contribution in [1.82, 2.24) is 0 Å². The van der Waals surface area contributed by atoms with Crippen molar-refractivity contribution in [1.29, 1.82) is 0 Å². The first-order valence-corrected chi connectivity index (χ1v) is 5.54. The summed E-state index contributed by atoms with van der Waals surface area (Å²) in [7, 11) is 0. The summed E-state index contributed by atoms with van der Waals surface area (Å²) in [5.74, 6) is 0. The van der Waals surface area contributed by atoms with Crippen LogP contribution in [0.3, 0.4) is 0 Å². The number of hydrogen-bond acceptors (Lipinski definition) is 2. The number of aryl methyl sites for hydroxylation is 1. The summed E-state index contributed by atoms with van der Waals surface area (Å²) in [6, 6.07) is 3.77. The van der Waals surface area contributed by atoms with Crippen LogP contribution in [0.25, 0.3) is 0 Å². The van der Waals surface area contributed by atoms with Crippen molar-refractivity contribution in [3.63, 3.8) is 0 Å². The SMILES string of the molecule is Cc1cc(Cl)cc(Br)c1C1OCCO1. The molecule has 1 aromatic rings. The third-order valence-electron chi connectivity index (χ3n) is 2.16. The summed E-state index contributed by atoms with van der Waals surface area (Å²) in [5.41, 5.74) is 2.11. The molecule has 0 amide bonds. The third kappa shape index (κ3) is 1.96. The van der Waals surface area contributed by atoms with Gasteiger partial charge in [-0.2, -0.15) is 0 Å². The van der Waals surface area contributed by atoms with E-state index in [0.29, 0.717) is 13.2 Å². The molecule has 0 bridgehead atoms. The molecule has 2 nitrogen and oxygen atoms in total. The number of ether oxygens (including phenoxy) is 2. The average Bonchev–Trinajstić information content (AvgIpc) is 2.54. The summed E-state index contributed by atoms with van der Waals surface area (Å²) in [6.45, 7) is 3.30. The van der Waals surface area contributed by atoms with E-state index < -0.39 is 0 Å². The van der Waals surface area contributed by atoms with Crippen LogP contribution in [0.1, 0.15) is 17.4 Å². The van der Waals surface area contributed by atoms with Crippen molar-refractivity contribution in [3.05, 3.63) is 32.8 Å². The Labute approximate surface area is 96.3 Å². The molecule has 0 atom stereocenters. The summed E-state index contributed by atoms with van der Waals surface area (Å²) in [5, 5.41) is 0.719. The monoisotopic (exact) mass is 276 g/mol. The molecule has 0 N–H and O–H groups in total. The molecule has 1 aliphatic heterocycles. The highest BCUT2D eigenvalue weighted by atomic mass is 79.9. The third-order valence-corrected chi connectivity index (χ3v) is 3.03. The van der Waals surface area contributed by atoms with E-state index in [9.17, 15) is 0 Å². The fourth-order valence-corrected chi connectivity index (χ4v) is 2.69. The van der Waals surface area contributed by atoms with E-state index in [2.05, 4.69) is 15.9 Å². The van der Waals surface area contributed by atoms with Gasteiger partial charge in [-0.25, -0.2) is 0 Å². The molecule has 14 heavy (non-hydrogen) atoms. The smallest absolute Gasteiger partial charge is 0.185 e. The first-order valence-electron chi connectivity index (χ1n) is 4.37. The van der Waals surface area contributed by atoms with Gasteiger partial charge in [0.2, 0.25) is 0 Å². The van der Waals surface area contributed by atoms with Gasteiger partial charge in [0.25, 0.3) is 0 Å². The van der Waals surface area contributed by atoms with Gasteiger partial charge in [0, 0.05) is 15.1 Å². The largest absolute Gasteiger partial charge is 0.346 e. The molecule has 1 aromatic carbocycles. The predicted octanol–water partition coefficient (Wildman–Crippen LogP) is 3.46. The lowest BCUT2D eigenvalue weighted by atomic mass is 10.1. The average molecular weight is 278 g/mol. The van der Waals surface area contributed by atoms with Crippen molar-refractivity contribution in [3.8, 4) is 0 Å². The second-order valence-electron chi connectivity index (χ2n) is 3.19. The minimum atomic E-state index is -0.248. The summed E-state index contributed by atoms with van der Waals surface area (Å²) >= 11 is 9.38. The van der Waals surface area contributed by atoms with E-state index in [-0.39, 0.29) is 6.29 Å². The van der Waals surface area contributed by atoms with E-state index in [0.717, 1.165) is 20.6 Å². The minimum absolute atomic E-state index is 0.248. The highest BCUT2D eigenvalue weighted by Gasteiger charge is 2.22. The van der Waals surface area contributed by atoms with Gasteiger partial charge >= 0.3 is 0 Å². The predicted molar refractivity (Wildman–Crippen MR) is 58.5 cm³/mol. The molecule has 1 aliphatic rings. The Balaban J connectivity index is 2.40. The summed E-state index contributed by atoms with van der Waals surface area (Å²) < 4.78 is 11.8. The zero-order valence-corrected chi connectivity index (χ0v) is 10.1. The van der Waals surface area contributed by atoms with Crippen LogP contribution in [-0.4, -0.2) is 13.2 Å². The maximum Gasteiger partial charge on any atom is 0.185 e. The van der Waals surface area contributed by atoms with Gasteiger partial charge in [-0.1, -0.05) is 27.5 Å². The lowest BCUT2D eigenvalue weighted by Gasteiger charge is -2.14. The molecule has 0 saturated carbocycles. The lowest BCUT2D eigenvalue weighted by Crippen LogP contribution is -2.02. The minimum Gasteiger partial charge on any atom is -0.346 e. The van der Waals surface area contributed by atoms with Gasteiger partial charge in [0.15, 0.2) is 6.29 Å². The Morgan fingerprint density at radius 1 is 1.36 bits per heavy atom. The fourth-order valence-electron chi connectivity index (χ4n) is 1.54. The van der Waals surface area contributed by atoms with E-state index >= 15 is 0 Å². The van der Waals surface area contributed by atoms with Gasteiger partial charge in [0.1, 0.15) is 0 Å². The number of rotatable bonds is 1. The molecule has 0 unspecified atom stereocenters. The molecule has 0 radical (unpaired) electrons. The fraction of sp³-hybridized carbons (Fsp3) is 0.400. The first kappa shape index (κ1) is 10.4. The highest BCUT2D eigenvalue weighted by molar-refractivity contribution is 9.10. The van der Waals surface area contributed by atoms with Crippen molar-refractivity contribution in [2.75, 3.05) is 13.2 Å². The van der Waals surface area contributed by atoms with Crippen LogP contribution in [0.4, 0.5) is 0 Å². The molecule has 1 fully saturated rings. The molecule has 1 saturated heterocycles. The van der Waals surface area contributed by atoms with Crippen LogP contribution >= 0.6 is 27.5 Å². The zero-order chi connectivity index (χ0) is 10.1. The van der Waals surface area contributed by atoms with Crippen LogP contribution in [0.15, 0.2) is 16.6 Å². The van der Waals surface area contributed by atoms with Crippen molar-refractivity contribution < 1.29 is 9.47 Å². The maximum absolute atomic E-state index is 5.92. The van der Waals surface area contributed by atoms with E-state index in [1.165, 1.54) is 0 Å². The van der Waals surface area contributed by atoms with Gasteiger partial charge in [-0.15, -0.1) is 0 Å². The van der Waals surface area contributed by atoms with Gasteiger partial charge in [-0.05, 0) is 24.6 Å². The molecule has 0 spiro atoms. The second kappa shape index (κ2) is 4.19. The van der Waals surface area contributed by atoms with E-state index in [1.54, 1.807) is 0 Å². The van der Waals surface area contributed by atoms with Crippen molar-refractivity contribution >= 4 is 27.5 Å². The standard InChI is InChI=1S/C10H10BrClO2/c1-6-4-7(12)5-8(11)9(6)10-13-2-3-14-10/h4-5,10H,2-3H2,1H3. The Kier molecular flexibility index (Phi) is 3.12. The quantitative estimate of drug-likeness (QED) is 0.783. The molecule has 4 heteroatoms. The van der Waals surface area contributed by atoms with Crippen LogP contribution < -0.4 is 0 Å². The Hall–Kier alpha value is -0.0900. The van der Waals surface area contributed by atoms with Crippen LogP contribution in [0.5, 0.6) is 0 Å². The summed E-state index contributed by atoms with van der Waals surface area (Å²) in [6.07, 6.45) is -0.248. The van der Waals surface area contributed by atoms with Gasteiger partial charge < -0.3 is 9.47 Å². The Bertz CT molecular complexity index is 325. The van der Waals surface area contributed by atoms with Crippen molar-refractivity contribution in [2.24, 2.45) is 0 Å². The number of benzene rings is 1. The molecular weight excluding hydrogens is 267 g/mol. The Morgan fingerprint density at radius 3 is 2.57 bits per heavy atom. The molecule has 76 valence electrons. The van der Waals surface area contributed by atoms with Crippen LogP contribution in [0, 0.1) is 6.92 Å². The molecule has 0 aliphatic carbocycles. The first-order chi connectivity index (χ1) is 6.68. The van der Waals surface area contributed by atoms with Crippen LogP contribution in [-0.2, 0) is 9.47 Å². The molecule has 2 rings (SSSR count).